The van der Waals surface area contributed by atoms with Gasteiger partial charge in [-0.3, -0.25) is 0 Å². The fourth-order valence-corrected chi connectivity index (χ4v) is 2.81. The molecule has 146 valence electrons. The van der Waals surface area contributed by atoms with Crippen molar-refractivity contribution in [2.24, 2.45) is 5.92 Å². The molecule has 0 aromatic heterocycles. The summed E-state index contributed by atoms with van der Waals surface area (Å²) in [6.07, 6.45) is 15.1. The van der Waals surface area contributed by atoms with E-state index in [1.54, 1.807) is 6.08 Å². The molecule has 3 heteroatoms. The van der Waals surface area contributed by atoms with Gasteiger partial charge in [-0.2, -0.15) is 0 Å². The number of ether oxygens (including phenoxy) is 2. The number of esters is 1. The Hall–Kier alpha value is -1.77. The van der Waals surface area contributed by atoms with Crippen LogP contribution in [-0.4, -0.2) is 19.7 Å². The highest BCUT2D eigenvalue weighted by Crippen LogP contribution is 2.15. The van der Waals surface area contributed by atoms with Gasteiger partial charge >= 0.3 is 5.97 Å². The number of hydrogen-bond donors (Lipinski definition) is 0. The summed E-state index contributed by atoms with van der Waals surface area (Å²) in [7, 11) is 1.37. The maximum Gasteiger partial charge on any atom is 0.330 e. The lowest BCUT2D eigenvalue weighted by molar-refractivity contribution is -0.134. The third kappa shape index (κ3) is 11.7. The molecule has 0 bridgehead atoms. The number of benzene rings is 1. The van der Waals surface area contributed by atoms with Gasteiger partial charge in [0.05, 0.1) is 13.7 Å². The molecular weight excluding hydrogens is 324 g/mol. The summed E-state index contributed by atoms with van der Waals surface area (Å²) in [4.78, 5) is 11.1. The lowest BCUT2D eigenvalue weighted by atomic mass is 10.0. The van der Waals surface area contributed by atoms with Crippen LogP contribution in [0.4, 0.5) is 0 Å². The molecule has 0 N–H and O–H groups in total. The lowest BCUT2D eigenvalue weighted by Crippen LogP contribution is -1.97. The predicted molar refractivity (Wildman–Crippen MR) is 109 cm³/mol. The summed E-state index contributed by atoms with van der Waals surface area (Å²) < 4.78 is 10.3. The van der Waals surface area contributed by atoms with Crippen molar-refractivity contribution >= 4 is 12.0 Å². The van der Waals surface area contributed by atoms with Crippen LogP contribution in [0.5, 0.6) is 5.75 Å². The summed E-state index contributed by atoms with van der Waals surface area (Å²) in [5.74, 6) is 1.38. The van der Waals surface area contributed by atoms with Gasteiger partial charge in [0, 0.05) is 6.08 Å². The van der Waals surface area contributed by atoms with Crippen LogP contribution in [0, 0.1) is 5.92 Å². The maximum atomic E-state index is 11.1. The van der Waals surface area contributed by atoms with E-state index in [0.29, 0.717) is 0 Å². The molecule has 0 aliphatic carbocycles. The predicted octanol–water partition coefficient (Wildman–Crippen LogP) is 6.42. The van der Waals surface area contributed by atoms with Gasteiger partial charge in [0.2, 0.25) is 0 Å². The number of methoxy groups -OCH3 is 1. The third-order valence-corrected chi connectivity index (χ3v) is 4.44. The number of carbonyl (C=O) groups excluding carboxylic acids is 1. The first-order chi connectivity index (χ1) is 12.6. The first-order valence-electron chi connectivity index (χ1n) is 10.1. The molecule has 1 aromatic carbocycles. The minimum atomic E-state index is -0.346. The summed E-state index contributed by atoms with van der Waals surface area (Å²) in [5.41, 5.74) is 0.955. The van der Waals surface area contributed by atoms with Crippen LogP contribution < -0.4 is 4.74 Å². The van der Waals surface area contributed by atoms with E-state index in [4.69, 9.17) is 4.74 Å². The summed E-state index contributed by atoms with van der Waals surface area (Å²) in [5, 5.41) is 0. The van der Waals surface area contributed by atoms with Crippen LogP contribution in [0.3, 0.4) is 0 Å². The molecular formula is C23H36O3. The van der Waals surface area contributed by atoms with Crippen molar-refractivity contribution in [2.45, 2.75) is 71.6 Å². The number of unbranched alkanes of at least 4 members (excludes halogenated alkanes) is 7. The smallest absolute Gasteiger partial charge is 0.330 e. The van der Waals surface area contributed by atoms with Crippen molar-refractivity contribution in [1.29, 1.82) is 0 Å². The summed E-state index contributed by atoms with van der Waals surface area (Å²) in [6, 6.07) is 7.75. The van der Waals surface area contributed by atoms with Crippen LogP contribution >= 0.6 is 0 Å². The van der Waals surface area contributed by atoms with Gasteiger partial charge in [-0.1, -0.05) is 77.3 Å². The number of carbonyl (C=O) groups is 1. The van der Waals surface area contributed by atoms with Gasteiger partial charge in [0.15, 0.2) is 0 Å². The zero-order chi connectivity index (χ0) is 19.0. The monoisotopic (exact) mass is 360 g/mol. The molecule has 0 radical (unpaired) electrons. The lowest BCUT2D eigenvalue weighted by Gasteiger charge is -2.07. The minimum absolute atomic E-state index is 0.346. The van der Waals surface area contributed by atoms with Gasteiger partial charge in [-0.05, 0) is 36.1 Å². The van der Waals surface area contributed by atoms with Crippen molar-refractivity contribution in [3.8, 4) is 5.75 Å². The quantitative estimate of drug-likeness (QED) is 0.218. The van der Waals surface area contributed by atoms with Crippen molar-refractivity contribution in [3.05, 3.63) is 35.9 Å². The van der Waals surface area contributed by atoms with Gasteiger partial charge in [-0.25, -0.2) is 4.79 Å². The molecule has 0 unspecified atom stereocenters. The maximum absolute atomic E-state index is 11.1. The van der Waals surface area contributed by atoms with Gasteiger partial charge in [-0.15, -0.1) is 0 Å². The summed E-state index contributed by atoms with van der Waals surface area (Å²) in [6.45, 7) is 5.38. The molecule has 3 nitrogen and oxygen atoms in total. The molecule has 1 aromatic rings. The van der Waals surface area contributed by atoms with Gasteiger partial charge in [0.1, 0.15) is 5.75 Å². The average molecular weight is 361 g/mol. The molecule has 0 fully saturated rings. The van der Waals surface area contributed by atoms with E-state index < -0.39 is 0 Å². The first kappa shape index (κ1) is 22.3. The average Bonchev–Trinajstić information content (AvgIpc) is 2.64. The zero-order valence-electron chi connectivity index (χ0n) is 16.8. The molecule has 0 aliphatic rings. The van der Waals surface area contributed by atoms with Crippen LogP contribution in [0.25, 0.3) is 6.08 Å². The highest BCUT2D eigenvalue weighted by molar-refractivity contribution is 5.86. The van der Waals surface area contributed by atoms with E-state index >= 15 is 0 Å². The molecule has 0 aliphatic heterocycles. The second-order valence-corrected chi connectivity index (χ2v) is 7.28. The largest absolute Gasteiger partial charge is 0.494 e. The highest BCUT2D eigenvalue weighted by Gasteiger charge is 1.97. The second kappa shape index (κ2) is 14.4. The first-order valence-corrected chi connectivity index (χ1v) is 10.1. The Kier molecular flexibility index (Phi) is 12.3. The van der Waals surface area contributed by atoms with Crippen LogP contribution in [0.1, 0.15) is 77.2 Å². The zero-order valence-corrected chi connectivity index (χ0v) is 16.8. The fourth-order valence-electron chi connectivity index (χ4n) is 2.81. The summed E-state index contributed by atoms with van der Waals surface area (Å²) >= 11 is 0. The highest BCUT2D eigenvalue weighted by atomic mass is 16.5. The topological polar surface area (TPSA) is 35.5 Å². The molecule has 0 saturated carbocycles. The Balaban J connectivity index is 2.01. The van der Waals surface area contributed by atoms with Crippen molar-refractivity contribution in [3.63, 3.8) is 0 Å². The Morgan fingerprint density at radius 2 is 1.50 bits per heavy atom. The standard InChI is InChI=1S/C23H36O3/c1-20(2)12-10-8-6-4-5-7-9-11-19-26-22-16-13-21(14-17-22)15-18-23(24)25-3/h13-18,20H,4-12,19H2,1-3H3. The van der Waals surface area contributed by atoms with Crippen molar-refractivity contribution in [1.82, 2.24) is 0 Å². The van der Waals surface area contributed by atoms with Crippen LogP contribution in [-0.2, 0) is 9.53 Å². The van der Waals surface area contributed by atoms with Crippen molar-refractivity contribution < 1.29 is 14.3 Å². The molecule has 0 amide bonds. The minimum Gasteiger partial charge on any atom is -0.494 e. The van der Waals surface area contributed by atoms with E-state index in [1.807, 2.05) is 24.3 Å². The third-order valence-electron chi connectivity index (χ3n) is 4.44. The number of rotatable bonds is 14. The molecule has 0 heterocycles. The molecule has 0 atom stereocenters. The van der Waals surface area contributed by atoms with Crippen LogP contribution in [0.15, 0.2) is 30.3 Å². The van der Waals surface area contributed by atoms with E-state index in [-0.39, 0.29) is 5.97 Å². The normalized spacial score (nSPS) is 11.2. The van der Waals surface area contributed by atoms with E-state index in [2.05, 4.69) is 18.6 Å². The Labute approximate surface area is 159 Å². The molecule has 26 heavy (non-hydrogen) atoms. The Bertz CT molecular complexity index is 503. The Morgan fingerprint density at radius 3 is 2.08 bits per heavy atom. The van der Waals surface area contributed by atoms with E-state index in [9.17, 15) is 4.79 Å². The molecule has 0 spiro atoms. The Morgan fingerprint density at radius 1 is 0.923 bits per heavy atom. The second-order valence-electron chi connectivity index (χ2n) is 7.28. The molecule has 1 rings (SSSR count). The van der Waals surface area contributed by atoms with Crippen LogP contribution in [0.2, 0.25) is 0 Å². The van der Waals surface area contributed by atoms with Gasteiger partial charge < -0.3 is 9.47 Å². The van der Waals surface area contributed by atoms with Gasteiger partial charge in [0.25, 0.3) is 0 Å². The SMILES string of the molecule is COC(=O)C=Cc1ccc(OCCCCCCCCCCC(C)C)cc1. The van der Waals surface area contributed by atoms with Crippen molar-refractivity contribution in [2.75, 3.05) is 13.7 Å². The number of hydrogen-bond acceptors (Lipinski definition) is 3. The fraction of sp³-hybridized carbons (Fsp3) is 0.609. The van der Waals surface area contributed by atoms with E-state index in [1.165, 1.54) is 64.6 Å². The van der Waals surface area contributed by atoms with E-state index in [0.717, 1.165) is 30.3 Å². The molecule has 0 saturated heterocycles.